The number of aromatic nitrogens is 4. The maximum absolute atomic E-state index is 12.7. The molecule has 0 radical (unpaired) electrons. The van der Waals surface area contributed by atoms with Crippen molar-refractivity contribution in [2.24, 2.45) is 0 Å². The highest BCUT2D eigenvalue weighted by atomic mass is 35.5. The predicted molar refractivity (Wildman–Crippen MR) is 136 cm³/mol. The normalized spacial score (nSPS) is 11.9. The van der Waals surface area contributed by atoms with Crippen LogP contribution in [0.1, 0.15) is 16.6 Å². The average molecular weight is 518 g/mol. The average Bonchev–Trinajstić information content (AvgIpc) is 3.52. The zero-order valence-corrected chi connectivity index (χ0v) is 20.7. The number of halogens is 1. The Balaban J connectivity index is 1.41. The Bertz CT molecular complexity index is 1570. The highest BCUT2D eigenvalue weighted by Crippen LogP contribution is 2.33. The number of nitrogens with zero attached hydrogens (tertiary/aromatic N) is 5. The number of nitriles is 1. The number of benzene rings is 2. The second-order valence-electron chi connectivity index (χ2n) is 7.60. The highest BCUT2D eigenvalue weighted by Gasteiger charge is 2.24. The van der Waals surface area contributed by atoms with Crippen LogP contribution >= 0.6 is 34.7 Å². The van der Waals surface area contributed by atoms with E-state index in [1.165, 1.54) is 11.3 Å². The molecule has 5 rings (SSSR count). The molecule has 0 spiro atoms. The molecule has 2 aromatic carbocycles. The van der Waals surface area contributed by atoms with Crippen LogP contribution in [0, 0.1) is 18.3 Å². The maximum atomic E-state index is 12.7. The zero-order valence-electron chi connectivity index (χ0n) is 18.3. The topological polar surface area (TPSA) is 106 Å². The molecule has 0 fully saturated rings. The summed E-state index contributed by atoms with van der Waals surface area (Å²) in [7, 11) is 0. The molecular weight excluding hydrogens is 502 g/mol. The number of rotatable bonds is 7. The van der Waals surface area contributed by atoms with Crippen LogP contribution in [0.5, 0.6) is 0 Å². The van der Waals surface area contributed by atoms with Gasteiger partial charge in [0.25, 0.3) is 5.22 Å². The van der Waals surface area contributed by atoms with Crippen LogP contribution in [0.3, 0.4) is 0 Å². The quantitative estimate of drug-likeness (QED) is 0.230. The van der Waals surface area contributed by atoms with E-state index < -0.39 is 5.92 Å². The van der Waals surface area contributed by atoms with Crippen molar-refractivity contribution in [3.05, 3.63) is 75.7 Å². The Morgan fingerprint density at radius 1 is 1.17 bits per heavy atom. The van der Waals surface area contributed by atoms with Crippen molar-refractivity contribution in [1.82, 2.24) is 20.2 Å². The predicted octanol–water partition coefficient (Wildman–Crippen LogP) is 6.34. The number of ketones is 1. The van der Waals surface area contributed by atoms with Crippen molar-refractivity contribution in [1.29, 1.82) is 5.26 Å². The molecule has 3 aromatic heterocycles. The number of aryl methyl sites for hydroxylation is 1. The van der Waals surface area contributed by atoms with E-state index in [1.807, 2.05) is 73.0 Å². The van der Waals surface area contributed by atoms with E-state index in [1.54, 1.807) is 0 Å². The Hall–Kier alpha value is -3.58. The molecule has 0 unspecified atom stereocenters. The van der Waals surface area contributed by atoms with Gasteiger partial charge in [0.05, 0.1) is 28.6 Å². The molecule has 0 amide bonds. The van der Waals surface area contributed by atoms with Gasteiger partial charge in [-0.25, -0.2) is 9.97 Å². The molecule has 0 saturated heterocycles. The van der Waals surface area contributed by atoms with Crippen molar-refractivity contribution in [3.63, 3.8) is 0 Å². The molecule has 0 saturated carbocycles. The minimum Gasteiger partial charge on any atom is -0.411 e. The van der Waals surface area contributed by atoms with Crippen LogP contribution < -0.4 is 0 Å². The lowest BCUT2D eigenvalue weighted by molar-refractivity contribution is -0.116. The van der Waals surface area contributed by atoms with E-state index in [9.17, 15) is 10.1 Å². The van der Waals surface area contributed by atoms with Crippen LogP contribution in [0.2, 0.25) is 5.02 Å². The summed E-state index contributed by atoms with van der Waals surface area (Å²) in [6, 6.07) is 19.1. The van der Waals surface area contributed by atoms with Crippen molar-refractivity contribution in [2.45, 2.75) is 18.1 Å². The fraction of sp³-hybridized carbons (Fsp3) is 0.120. The first-order valence-electron chi connectivity index (χ1n) is 10.5. The lowest BCUT2D eigenvalue weighted by Crippen LogP contribution is -2.13. The summed E-state index contributed by atoms with van der Waals surface area (Å²) in [6.45, 7) is 1.83. The number of carbonyl (C=O) groups excluding carboxylic acids is 1. The molecular formula is C25H16ClN5O2S2. The number of hydrogen-bond acceptors (Lipinski definition) is 9. The molecule has 0 aliphatic carbocycles. The van der Waals surface area contributed by atoms with Crippen molar-refractivity contribution in [3.8, 4) is 28.8 Å². The summed E-state index contributed by atoms with van der Waals surface area (Å²) in [5, 5.41) is 21.9. The highest BCUT2D eigenvalue weighted by molar-refractivity contribution is 7.99. The van der Waals surface area contributed by atoms with E-state index >= 15 is 0 Å². The van der Waals surface area contributed by atoms with Crippen LogP contribution in [0.15, 0.2) is 69.6 Å². The number of thioether (sulfide) groups is 1. The Kier molecular flexibility index (Phi) is 6.59. The van der Waals surface area contributed by atoms with E-state index in [-0.39, 0.29) is 16.8 Å². The number of thiazole rings is 1. The van der Waals surface area contributed by atoms with Gasteiger partial charge in [-0.1, -0.05) is 53.7 Å². The van der Waals surface area contributed by atoms with Crippen LogP contribution in [-0.4, -0.2) is 31.7 Å². The van der Waals surface area contributed by atoms with Gasteiger partial charge in [-0.2, -0.15) is 5.26 Å². The van der Waals surface area contributed by atoms with E-state index in [4.69, 9.17) is 21.0 Å². The summed E-state index contributed by atoms with van der Waals surface area (Å²) < 4.78 is 5.91. The summed E-state index contributed by atoms with van der Waals surface area (Å²) >= 11 is 8.45. The molecule has 7 nitrogen and oxygen atoms in total. The third-order valence-electron chi connectivity index (χ3n) is 5.17. The van der Waals surface area contributed by atoms with Gasteiger partial charge >= 0.3 is 0 Å². The Morgan fingerprint density at radius 3 is 2.71 bits per heavy atom. The second kappa shape index (κ2) is 9.96. The van der Waals surface area contributed by atoms with Crippen LogP contribution in [-0.2, 0) is 4.79 Å². The first kappa shape index (κ1) is 23.2. The molecule has 1 atom stereocenters. The summed E-state index contributed by atoms with van der Waals surface area (Å²) in [6.07, 6.45) is 0. The Morgan fingerprint density at radius 2 is 1.97 bits per heavy atom. The van der Waals surface area contributed by atoms with Gasteiger partial charge in [-0.15, -0.1) is 21.5 Å². The standard InChI is InChI=1S/C25H16ClN5O2S2/c1-14-12-34-24(28-14)19(11-27)22(32)13-35-25-31-30-23(33-25)18-10-21(15-6-8-16(26)9-7-15)29-20-5-3-2-4-17(18)20/h2-10,12,19H,13H2,1H3/t19-/m0/s1. The number of para-hydroxylation sites is 1. The summed E-state index contributed by atoms with van der Waals surface area (Å²) in [5.74, 6) is -0.826. The molecule has 0 aliphatic heterocycles. The lowest BCUT2D eigenvalue weighted by Gasteiger charge is -2.07. The first-order valence-corrected chi connectivity index (χ1v) is 12.7. The minimum atomic E-state index is -0.908. The zero-order chi connectivity index (χ0) is 24.4. The van der Waals surface area contributed by atoms with Crippen molar-refractivity contribution < 1.29 is 9.21 Å². The van der Waals surface area contributed by atoms with Crippen molar-refractivity contribution >= 4 is 51.4 Å². The maximum Gasteiger partial charge on any atom is 0.277 e. The van der Waals surface area contributed by atoms with E-state index in [2.05, 4.69) is 15.2 Å². The molecule has 0 bridgehead atoms. The largest absolute Gasteiger partial charge is 0.411 e. The molecule has 10 heteroatoms. The van der Waals surface area contributed by atoms with Gasteiger partial charge in [0, 0.05) is 27.0 Å². The minimum absolute atomic E-state index is 0.0194. The smallest absolute Gasteiger partial charge is 0.277 e. The number of pyridine rings is 1. The van der Waals surface area contributed by atoms with Gasteiger partial charge in [0.1, 0.15) is 5.01 Å². The third kappa shape index (κ3) is 4.95. The fourth-order valence-corrected chi connectivity index (χ4v) is 5.14. The van der Waals surface area contributed by atoms with Crippen LogP contribution in [0.25, 0.3) is 33.6 Å². The SMILES string of the molecule is Cc1csc([C@@H](C#N)C(=O)CSc2nnc(-c3cc(-c4ccc(Cl)cc4)nc4ccccc34)o2)n1. The molecule has 35 heavy (non-hydrogen) atoms. The van der Waals surface area contributed by atoms with Gasteiger partial charge in [0.2, 0.25) is 5.89 Å². The Labute approximate surface area is 213 Å². The summed E-state index contributed by atoms with van der Waals surface area (Å²) in [5.41, 5.74) is 3.96. The first-order chi connectivity index (χ1) is 17.0. The van der Waals surface area contributed by atoms with E-state index in [0.29, 0.717) is 15.9 Å². The molecule has 5 aromatic rings. The molecule has 3 heterocycles. The van der Waals surface area contributed by atoms with Crippen LogP contribution in [0.4, 0.5) is 0 Å². The number of hydrogen-bond donors (Lipinski definition) is 0. The number of Topliss-reactive ketones (excluding diaryl/α,β-unsaturated/α-hetero) is 1. The number of carbonyl (C=O) groups is 1. The summed E-state index contributed by atoms with van der Waals surface area (Å²) in [4.78, 5) is 21.7. The molecule has 0 N–H and O–H groups in total. The van der Waals surface area contributed by atoms with Gasteiger partial charge in [-0.05, 0) is 31.2 Å². The second-order valence-corrected chi connectivity index (χ2v) is 9.85. The molecule has 172 valence electrons. The number of fused-ring (bicyclic) bond motifs is 1. The van der Waals surface area contributed by atoms with Gasteiger partial charge in [0.15, 0.2) is 11.7 Å². The van der Waals surface area contributed by atoms with Gasteiger partial charge < -0.3 is 4.42 Å². The third-order valence-corrected chi connectivity index (χ3v) is 7.29. The van der Waals surface area contributed by atoms with Crippen molar-refractivity contribution in [2.75, 3.05) is 5.75 Å². The van der Waals surface area contributed by atoms with E-state index in [0.717, 1.165) is 45.2 Å². The van der Waals surface area contributed by atoms with Gasteiger partial charge in [-0.3, -0.25) is 4.79 Å². The lowest BCUT2D eigenvalue weighted by atomic mass is 10.0. The molecule has 0 aliphatic rings. The fourth-order valence-electron chi connectivity index (χ4n) is 3.48. The monoisotopic (exact) mass is 517 g/mol.